The van der Waals surface area contributed by atoms with Gasteiger partial charge < -0.3 is 4.90 Å². The third kappa shape index (κ3) is 3.28. The third-order valence-electron chi connectivity index (χ3n) is 3.26. The van der Waals surface area contributed by atoms with Crippen LogP contribution in [0.15, 0.2) is 24.3 Å². The minimum Gasteiger partial charge on any atom is -0.324 e. The predicted octanol–water partition coefficient (Wildman–Crippen LogP) is 2.22. The molecule has 0 bridgehead atoms. The van der Waals surface area contributed by atoms with E-state index in [0.29, 0.717) is 6.42 Å². The molecule has 1 fully saturated rings. The molecule has 0 aromatic heterocycles. The minimum absolute atomic E-state index is 0.000474. The number of nitrogens with zero attached hydrogens (tertiary/aromatic N) is 2. The van der Waals surface area contributed by atoms with E-state index in [1.807, 2.05) is 6.07 Å². The zero-order valence-corrected chi connectivity index (χ0v) is 10.4. The number of likely N-dealkylation sites (tertiary alicyclic amines) is 1. The van der Waals surface area contributed by atoms with Crippen LogP contribution in [0.1, 0.15) is 18.4 Å². The van der Waals surface area contributed by atoms with Crippen LogP contribution in [-0.2, 0) is 11.2 Å². The normalized spacial score (nSPS) is 22.3. The highest BCUT2D eigenvalue weighted by Gasteiger charge is 2.34. The van der Waals surface area contributed by atoms with Crippen LogP contribution in [0.3, 0.4) is 0 Å². The number of nitriles is 1. The van der Waals surface area contributed by atoms with Gasteiger partial charge in [0.05, 0.1) is 12.6 Å². The van der Waals surface area contributed by atoms with Crippen molar-refractivity contribution in [3.8, 4) is 6.07 Å². The largest absolute Gasteiger partial charge is 0.324 e. The standard InChI is InChI=1S/C14H14F2N2O/c15-11-4-1-10(2-5-11)3-6-14(19)18-9-12(16)7-13(18)8-17/h1-2,4-5,12-13H,3,6-7,9H2. The number of carbonyl (C=O) groups excluding carboxylic acids is 1. The topological polar surface area (TPSA) is 44.1 Å². The lowest BCUT2D eigenvalue weighted by atomic mass is 10.1. The van der Waals surface area contributed by atoms with Gasteiger partial charge in [-0.3, -0.25) is 4.79 Å². The van der Waals surface area contributed by atoms with Gasteiger partial charge in [0.25, 0.3) is 0 Å². The second kappa shape index (κ2) is 5.79. The minimum atomic E-state index is -1.11. The first-order valence-electron chi connectivity index (χ1n) is 6.17. The summed E-state index contributed by atoms with van der Waals surface area (Å²) >= 11 is 0. The Kier molecular flexibility index (Phi) is 4.10. The highest BCUT2D eigenvalue weighted by Crippen LogP contribution is 2.21. The zero-order valence-electron chi connectivity index (χ0n) is 10.4. The smallest absolute Gasteiger partial charge is 0.224 e. The maximum absolute atomic E-state index is 13.2. The lowest BCUT2D eigenvalue weighted by Crippen LogP contribution is -2.35. The molecule has 1 aromatic carbocycles. The average molecular weight is 264 g/mol. The molecule has 3 nitrogen and oxygen atoms in total. The van der Waals surface area contributed by atoms with Gasteiger partial charge in [0.2, 0.25) is 5.91 Å². The first-order chi connectivity index (χ1) is 9.10. The fourth-order valence-corrected chi connectivity index (χ4v) is 2.23. The molecule has 0 spiro atoms. The Bertz CT molecular complexity index is 495. The number of rotatable bonds is 3. The van der Waals surface area contributed by atoms with E-state index in [4.69, 9.17) is 5.26 Å². The molecule has 1 amide bonds. The maximum Gasteiger partial charge on any atom is 0.224 e. The summed E-state index contributed by atoms with van der Waals surface area (Å²) in [5, 5.41) is 8.87. The summed E-state index contributed by atoms with van der Waals surface area (Å²) in [7, 11) is 0. The van der Waals surface area contributed by atoms with Crippen molar-refractivity contribution in [2.75, 3.05) is 6.54 Å². The monoisotopic (exact) mass is 264 g/mol. The summed E-state index contributed by atoms with van der Waals surface area (Å²) in [6.07, 6.45) is -0.348. The van der Waals surface area contributed by atoms with Gasteiger partial charge in [0, 0.05) is 12.8 Å². The van der Waals surface area contributed by atoms with E-state index >= 15 is 0 Å². The van der Waals surface area contributed by atoms with Crippen molar-refractivity contribution in [2.45, 2.75) is 31.5 Å². The molecule has 1 aromatic rings. The Morgan fingerprint density at radius 2 is 2.11 bits per heavy atom. The molecule has 1 aliphatic heterocycles. The molecule has 1 heterocycles. The molecule has 0 N–H and O–H groups in total. The van der Waals surface area contributed by atoms with E-state index in [1.54, 1.807) is 12.1 Å². The Morgan fingerprint density at radius 1 is 1.42 bits per heavy atom. The van der Waals surface area contributed by atoms with Gasteiger partial charge in [0.15, 0.2) is 0 Å². The first-order valence-corrected chi connectivity index (χ1v) is 6.17. The van der Waals surface area contributed by atoms with Crippen LogP contribution in [0, 0.1) is 17.1 Å². The highest BCUT2D eigenvalue weighted by molar-refractivity contribution is 5.77. The van der Waals surface area contributed by atoms with Gasteiger partial charge in [-0.2, -0.15) is 5.26 Å². The van der Waals surface area contributed by atoms with Crippen LogP contribution in [0.25, 0.3) is 0 Å². The van der Waals surface area contributed by atoms with Crippen molar-refractivity contribution in [1.29, 1.82) is 5.26 Å². The van der Waals surface area contributed by atoms with Crippen molar-refractivity contribution in [1.82, 2.24) is 4.90 Å². The molecule has 0 radical (unpaired) electrons. The van der Waals surface area contributed by atoms with Crippen molar-refractivity contribution in [2.24, 2.45) is 0 Å². The fraction of sp³-hybridized carbons (Fsp3) is 0.429. The van der Waals surface area contributed by atoms with Crippen LogP contribution < -0.4 is 0 Å². The van der Waals surface area contributed by atoms with Gasteiger partial charge in [-0.1, -0.05) is 12.1 Å². The van der Waals surface area contributed by atoms with Gasteiger partial charge >= 0.3 is 0 Å². The van der Waals surface area contributed by atoms with Crippen LogP contribution in [0.5, 0.6) is 0 Å². The SMILES string of the molecule is N#CC1CC(F)CN1C(=O)CCc1ccc(F)cc1. The van der Waals surface area contributed by atoms with Crippen molar-refractivity contribution in [3.63, 3.8) is 0 Å². The Labute approximate surface area is 110 Å². The summed E-state index contributed by atoms with van der Waals surface area (Å²) in [5.74, 6) is -0.546. The highest BCUT2D eigenvalue weighted by atomic mass is 19.1. The third-order valence-corrected chi connectivity index (χ3v) is 3.26. The summed E-state index contributed by atoms with van der Waals surface area (Å²) < 4.78 is 25.9. The molecule has 1 aliphatic rings. The molecule has 0 saturated carbocycles. The summed E-state index contributed by atoms with van der Waals surface area (Å²) in [4.78, 5) is 13.2. The molecule has 1 saturated heterocycles. The molecule has 2 rings (SSSR count). The van der Waals surface area contributed by atoms with E-state index in [-0.39, 0.29) is 31.1 Å². The molecule has 0 aliphatic carbocycles. The van der Waals surface area contributed by atoms with E-state index in [9.17, 15) is 13.6 Å². The molecular formula is C14H14F2N2O. The number of carbonyl (C=O) groups is 1. The lowest BCUT2D eigenvalue weighted by Gasteiger charge is -2.19. The Morgan fingerprint density at radius 3 is 2.74 bits per heavy atom. The Hall–Kier alpha value is -1.96. The number of alkyl halides is 1. The molecular weight excluding hydrogens is 250 g/mol. The van der Waals surface area contributed by atoms with Crippen LogP contribution in [-0.4, -0.2) is 29.6 Å². The lowest BCUT2D eigenvalue weighted by molar-refractivity contribution is -0.131. The second-order valence-corrected chi connectivity index (χ2v) is 4.65. The van der Waals surface area contributed by atoms with Crippen molar-refractivity contribution < 1.29 is 13.6 Å². The average Bonchev–Trinajstić information content (AvgIpc) is 2.79. The van der Waals surface area contributed by atoms with E-state index in [1.165, 1.54) is 17.0 Å². The number of hydrogen-bond donors (Lipinski definition) is 0. The number of benzene rings is 1. The molecule has 19 heavy (non-hydrogen) atoms. The zero-order chi connectivity index (χ0) is 13.8. The Balaban J connectivity index is 1.91. The van der Waals surface area contributed by atoms with Crippen molar-refractivity contribution in [3.05, 3.63) is 35.6 Å². The summed E-state index contributed by atoms with van der Waals surface area (Å²) in [5.41, 5.74) is 0.847. The number of amides is 1. The maximum atomic E-state index is 13.2. The molecule has 5 heteroatoms. The molecule has 2 unspecified atom stereocenters. The molecule has 2 atom stereocenters. The van der Waals surface area contributed by atoms with E-state index in [2.05, 4.69) is 0 Å². The van der Waals surface area contributed by atoms with Gasteiger partial charge in [-0.15, -0.1) is 0 Å². The predicted molar refractivity (Wildman–Crippen MR) is 65.3 cm³/mol. The second-order valence-electron chi connectivity index (χ2n) is 4.65. The van der Waals surface area contributed by atoms with Crippen molar-refractivity contribution >= 4 is 5.91 Å². The number of hydrogen-bond acceptors (Lipinski definition) is 2. The van der Waals surface area contributed by atoms with Crippen LogP contribution in [0.4, 0.5) is 8.78 Å². The summed E-state index contributed by atoms with van der Waals surface area (Å²) in [6, 6.07) is 7.20. The quantitative estimate of drug-likeness (QED) is 0.840. The van der Waals surface area contributed by atoms with Gasteiger partial charge in [-0.05, 0) is 24.1 Å². The fourth-order valence-electron chi connectivity index (χ4n) is 2.23. The van der Waals surface area contributed by atoms with Gasteiger partial charge in [-0.25, -0.2) is 8.78 Å². The summed E-state index contributed by atoms with van der Waals surface area (Å²) in [6.45, 7) is 0.000474. The van der Waals surface area contributed by atoms with E-state index < -0.39 is 12.2 Å². The van der Waals surface area contributed by atoms with Crippen LogP contribution >= 0.6 is 0 Å². The van der Waals surface area contributed by atoms with Gasteiger partial charge in [0.1, 0.15) is 18.0 Å². The van der Waals surface area contributed by atoms with E-state index in [0.717, 1.165) is 5.56 Å². The number of halogens is 2. The van der Waals surface area contributed by atoms with Crippen LogP contribution in [0.2, 0.25) is 0 Å². The first kappa shape index (κ1) is 13.5. The number of aryl methyl sites for hydroxylation is 1. The molecule has 100 valence electrons.